The molecule has 0 heterocycles. The van der Waals surface area contributed by atoms with Crippen LogP contribution in [0.2, 0.25) is 5.02 Å². The Bertz CT molecular complexity index is 739. The molecule has 2 aromatic carbocycles. The number of benzene rings is 2. The van der Waals surface area contributed by atoms with Crippen LogP contribution < -0.4 is 11.1 Å². The Kier molecular flexibility index (Phi) is 5.13. The third kappa shape index (κ3) is 3.90. The minimum atomic E-state index is -0.606. The summed E-state index contributed by atoms with van der Waals surface area (Å²) in [6.45, 7) is 0. The number of nitrogens with one attached hydrogen (secondary N) is 1. The molecular weight excluding hydrogens is 426 g/mol. The maximum Gasteiger partial charge on any atom is 0.255 e. The first-order valence-corrected chi connectivity index (χ1v) is 7.60. The SMILES string of the molecule is NC(=S)c1ccc(NC(=O)c2ccc(I)c(Cl)c2)c(F)c1. The van der Waals surface area contributed by atoms with Crippen molar-refractivity contribution >= 4 is 63.0 Å². The maximum absolute atomic E-state index is 13.9. The first-order valence-electron chi connectivity index (χ1n) is 5.74. The van der Waals surface area contributed by atoms with Gasteiger partial charge >= 0.3 is 0 Å². The van der Waals surface area contributed by atoms with Crippen LogP contribution in [0.5, 0.6) is 0 Å². The number of carbonyl (C=O) groups excluding carboxylic acids is 1. The number of nitrogens with two attached hydrogens (primary N) is 1. The monoisotopic (exact) mass is 434 g/mol. The van der Waals surface area contributed by atoms with Crippen molar-refractivity contribution in [1.82, 2.24) is 0 Å². The lowest BCUT2D eigenvalue weighted by atomic mass is 10.1. The summed E-state index contributed by atoms with van der Waals surface area (Å²) in [5.41, 5.74) is 6.21. The summed E-state index contributed by atoms with van der Waals surface area (Å²) in [7, 11) is 0. The highest BCUT2D eigenvalue weighted by atomic mass is 127. The molecule has 0 aliphatic carbocycles. The Hall–Kier alpha value is -1.25. The molecule has 0 fully saturated rings. The van der Waals surface area contributed by atoms with Gasteiger partial charge in [0.15, 0.2) is 0 Å². The number of carbonyl (C=O) groups is 1. The van der Waals surface area contributed by atoms with E-state index in [2.05, 4.69) is 27.9 Å². The number of rotatable bonds is 3. The first kappa shape index (κ1) is 16.1. The molecule has 108 valence electrons. The van der Waals surface area contributed by atoms with Gasteiger partial charge in [-0.15, -0.1) is 0 Å². The van der Waals surface area contributed by atoms with Crippen LogP contribution in [-0.4, -0.2) is 10.9 Å². The van der Waals surface area contributed by atoms with E-state index < -0.39 is 11.7 Å². The molecule has 0 aliphatic rings. The zero-order valence-corrected chi connectivity index (χ0v) is 14.2. The molecule has 3 nitrogen and oxygen atoms in total. The van der Waals surface area contributed by atoms with Crippen LogP contribution in [-0.2, 0) is 0 Å². The number of halogens is 3. The molecule has 2 rings (SSSR count). The summed E-state index contributed by atoms with van der Waals surface area (Å²) in [5.74, 6) is -1.06. The molecule has 3 N–H and O–H groups in total. The standard InChI is InChI=1S/C14H9ClFIN2OS/c15-9-5-8(1-3-11(9)17)14(20)19-12-4-2-7(13(18)21)6-10(12)16/h1-6H,(H2,18,21)(H,19,20). The van der Waals surface area contributed by atoms with Gasteiger partial charge in [0, 0.05) is 14.7 Å². The Morgan fingerprint density at radius 3 is 2.48 bits per heavy atom. The minimum Gasteiger partial charge on any atom is -0.389 e. The summed E-state index contributed by atoms with van der Waals surface area (Å²) in [6.07, 6.45) is 0. The fourth-order valence-electron chi connectivity index (χ4n) is 1.60. The Labute approximate surface area is 144 Å². The number of amides is 1. The van der Waals surface area contributed by atoms with Crippen molar-refractivity contribution in [3.05, 3.63) is 61.9 Å². The van der Waals surface area contributed by atoms with E-state index in [1.165, 1.54) is 18.2 Å². The highest BCUT2D eigenvalue weighted by Crippen LogP contribution is 2.21. The normalized spacial score (nSPS) is 10.2. The summed E-state index contributed by atoms with van der Waals surface area (Å²) in [5, 5.41) is 2.95. The van der Waals surface area contributed by atoms with Crippen LogP contribution in [0, 0.1) is 9.39 Å². The first-order chi connectivity index (χ1) is 9.88. The molecule has 0 aromatic heterocycles. The third-order valence-electron chi connectivity index (χ3n) is 2.68. The topological polar surface area (TPSA) is 55.1 Å². The van der Waals surface area contributed by atoms with E-state index in [1.54, 1.807) is 18.2 Å². The van der Waals surface area contributed by atoms with Crippen molar-refractivity contribution in [3.63, 3.8) is 0 Å². The fraction of sp³-hybridized carbons (Fsp3) is 0. The average Bonchev–Trinajstić information content (AvgIpc) is 2.43. The smallest absolute Gasteiger partial charge is 0.255 e. The number of hydrogen-bond acceptors (Lipinski definition) is 2. The minimum absolute atomic E-state index is 0.0506. The molecule has 21 heavy (non-hydrogen) atoms. The molecule has 0 aliphatic heterocycles. The highest BCUT2D eigenvalue weighted by Gasteiger charge is 2.11. The molecule has 0 radical (unpaired) electrons. The van der Waals surface area contributed by atoms with Gasteiger partial charge in [-0.05, 0) is 59.0 Å². The van der Waals surface area contributed by atoms with Gasteiger partial charge in [0.05, 0.1) is 10.7 Å². The summed E-state index contributed by atoms with van der Waals surface area (Å²) in [6, 6.07) is 8.99. The predicted octanol–water partition coefficient (Wildman–Crippen LogP) is 3.97. The largest absolute Gasteiger partial charge is 0.389 e. The molecular formula is C14H9ClFIN2OS. The van der Waals surface area contributed by atoms with Gasteiger partial charge in [-0.3, -0.25) is 4.79 Å². The lowest BCUT2D eigenvalue weighted by Crippen LogP contribution is -2.14. The lowest BCUT2D eigenvalue weighted by molar-refractivity contribution is 0.102. The van der Waals surface area contributed by atoms with Gasteiger partial charge in [-0.25, -0.2) is 4.39 Å². The molecule has 0 spiro atoms. The second kappa shape index (κ2) is 6.67. The van der Waals surface area contributed by atoms with Crippen LogP contribution in [0.3, 0.4) is 0 Å². The van der Waals surface area contributed by atoms with Crippen molar-refractivity contribution in [3.8, 4) is 0 Å². The van der Waals surface area contributed by atoms with Gasteiger partial charge in [0.25, 0.3) is 5.91 Å². The Morgan fingerprint density at radius 2 is 1.90 bits per heavy atom. The zero-order valence-electron chi connectivity index (χ0n) is 10.5. The second-order valence-corrected chi connectivity index (χ2v) is 6.15. The summed E-state index contributed by atoms with van der Waals surface area (Å²) < 4.78 is 14.7. The van der Waals surface area contributed by atoms with E-state index in [9.17, 15) is 9.18 Å². The van der Waals surface area contributed by atoms with Gasteiger partial charge in [-0.1, -0.05) is 23.8 Å². The molecule has 0 unspecified atom stereocenters. The van der Waals surface area contributed by atoms with Gasteiger partial charge < -0.3 is 11.1 Å². The molecule has 1 amide bonds. The predicted molar refractivity (Wildman–Crippen MR) is 94.4 cm³/mol. The highest BCUT2D eigenvalue weighted by molar-refractivity contribution is 14.1. The van der Waals surface area contributed by atoms with Crippen LogP contribution in [0.25, 0.3) is 0 Å². The zero-order chi connectivity index (χ0) is 15.6. The molecule has 0 bridgehead atoms. The van der Waals surface area contributed by atoms with Crippen molar-refractivity contribution in [2.75, 3.05) is 5.32 Å². The summed E-state index contributed by atoms with van der Waals surface area (Å²) >= 11 is 12.8. The van der Waals surface area contributed by atoms with Crippen molar-refractivity contribution < 1.29 is 9.18 Å². The fourth-order valence-corrected chi connectivity index (χ4v) is 2.24. The average molecular weight is 435 g/mol. The quantitative estimate of drug-likeness (QED) is 0.568. The van der Waals surface area contributed by atoms with E-state index >= 15 is 0 Å². The molecule has 2 aromatic rings. The van der Waals surface area contributed by atoms with E-state index in [0.29, 0.717) is 16.1 Å². The van der Waals surface area contributed by atoms with Crippen molar-refractivity contribution in [1.29, 1.82) is 0 Å². The van der Waals surface area contributed by atoms with Crippen LogP contribution in [0.1, 0.15) is 15.9 Å². The van der Waals surface area contributed by atoms with Gasteiger partial charge in [0.1, 0.15) is 10.8 Å². The van der Waals surface area contributed by atoms with Crippen molar-refractivity contribution in [2.24, 2.45) is 5.73 Å². The van der Waals surface area contributed by atoms with Gasteiger partial charge in [0.2, 0.25) is 0 Å². The lowest BCUT2D eigenvalue weighted by Gasteiger charge is -2.08. The van der Waals surface area contributed by atoms with E-state index in [4.69, 9.17) is 29.6 Å². The third-order valence-corrected chi connectivity index (χ3v) is 4.49. The molecule has 7 heteroatoms. The van der Waals surface area contributed by atoms with E-state index in [1.807, 2.05) is 0 Å². The Morgan fingerprint density at radius 1 is 1.24 bits per heavy atom. The number of thiocarbonyl (C=S) groups is 1. The van der Waals surface area contributed by atoms with Crippen LogP contribution in [0.15, 0.2) is 36.4 Å². The summed E-state index contributed by atoms with van der Waals surface area (Å²) in [4.78, 5) is 12.2. The van der Waals surface area contributed by atoms with E-state index in [-0.39, 0.29) is 10.7 Å². The second-order valence-electron chi connectivity index (χ2n) is 4.14. The molecule has 0 saturated carbocycles. The van der Waals surface area contributed by atoms with Crippen LogP contribution in [0.4, 0.5) is 10.1 Å². The van der Waals surface area contributed by atoms with E-state index in [0.717, 1.165) is 3.57 Å². The molecule has 0 atom stereocenters. The van der Waals surface area contributed by atoms with Crippen molar-refractivity contribution in [2.45, 2.75) is 0 Å². The Balaban J connectivity index is 2.23. The number of hydrogen-bond donors (Lipinski definition) is 2. The van der Waals surface area contributed by atoms with Crippen LogP contribution >= 0.6 is 46.4 Å². The molecule has 0 saturated heterocycles. The number of anilines is 1. The maximum atomic E-state index is 13.9. The van der Waals surface area contributed by atoms with Gasteiger partial charge in [-0.2, -0.15) is 0 Å².